The van der Waals surface area contributed by atoms with Crippen LogP contribution in [0.15, 0.2) is 60.7 Å². The Hall–Kier alpha value is -1.76. The first-order valence-electron chi connectivity index (χ1n) is 9.54. The van der Waals surface area contributed by atoms with Crippen molar-refractivity contribution in [2.24, 2.45) is 5.92 Å². The molecule has 27 heavy (non-hydrogen) atoms. The zero-order chi connectivity index (χ0) is 18.2. The van der Waals surface area contributed by atoms with E-state index in [1.807, 2.05) is 60.7 Å². The summed E-state index contributed by atoms with van der Waals surface area (Å²) in [5.41, 5.74) is 2.05. The molecule has 2 heterocycles. The molecule has 2 aromatic carbocycles. The average Bonchev–Trinajstić information content (AvgIpc) is 3.20. The predicted octanol–water partition coefficient (Wildman–Crippen LogP) is 3.62. The number of benzene rings is 2. The summed E-state index contributed by atoms with van der Waals surface area (Å²) in [5.74, 6) is 0.231. The Labute approximate surface area is 159 Å². The molecule has 0 radical (unpaired) electrons. The molecule has 2 aliphatic heterocycles. The van der Waals surface area contributed by atoms with Crippen LogP contribution in [0.25, 0.3) is 0 Å². The fraction of sp³-hybridized carbons (Fsp3) is 0.455. The van der Waals surface area contributed by atoms with E-state index in [1.54, 1.807) is 7.11 Å². The summed E-state index contributed by atoms with van der Waals surface area (Å²) >= 11 is 0. The maximum Gasteiger partial charge on any atom is 0.184 e. The highest BCUT2D eigenvalue weighted by atomic mass is 16.8. The van der Waals surface area contributed by atoms with E-state index in [2.05, 4.69) is 0 Å². The van der Waals surface area contributed by atoms with Crippen molar-refractivity contribution in [3.05, 3.63) is 71.8 Å². The largest absolute Gasteiger partial charge is 0.379 e. The maximum absolute atomic E-state index is 6.38. The van der Waals surface area contributed by atoms with Crippen LogP contribution in [0.5, 0.6) is 0 Å². The topological polar surface area (TPSA) is 46.2 Å². The molecule has 5 rings (SSSR count). The number of rotatable bonds is 3. The van der Waals surface area contributed by atoms with E-state index in [0.717, 1.165) is 17.5 Å². The molecule has 3 aliphatic rings. The van der Waals surface area contributed by atoms with Gasteiger partial charge in [-0.3, -0.25) is 0 Å². The highest BCUT2D eigenvalue weighted by Gasteiger charge is 2.55. The molecule has 2 unspecified atom stereocenters. The molecule has 2 saturated heterocycles. The van der Waals surface area contributed by atoms with Gasteiger partial charge in [0.2, 0.25) is 0 Å². The lowest BCUT2D eigenvalue weighted by molar-refractivity contribution is -0.281. The molecular weight excluding hydrogens is 344 g/mol. The molecule has 0 bridgehead atoms. The van der Waals surface area contributed by atoms with Gasteiger partial charge in [-0.25, -0.2) is 0 Å². The van der Waals surface area contributed by atoms with Gasteiger partial charge in [0.05, 0.1) is 18.8 Å². The minimum Gasteiger partial charge on any atom is -0.379 e. The molecule has 2 aromatic rings. The molecule has 5 heteroatoms. The second-order valence-electron chi connectivity index (χ2n) is 7.39. The average molecular weight is 368 g/mol. The fourth-order valence-corrected chi connectivity index (χ4v) is 4.40. The molecule has 142 valence electrons. The fourth-order valence-electron chi connectivity index (χ4n) is 4.40. The van der Waals surface area contributed by atoms with E-state index in [-0.39, 0.29) is 42.9 Å². The van der Waals surface area contributed by atoms with E-state index in [1.165, 1.54) is 0 Å². The molecule has 1 aliphatic carbocycles. The van der Waals surface area contributed by atoms with Gasteiger partial charge in [0.1, 0.15) is 12.2 Å². The maximum atomic E-state index is 6.38. The standard InChI is InChI=1S/C22H24O5/c1-23-17-12-16-13-24-21(14-8-4-2-5-9-14)25-18(16)20-19(17)26-22(27-20)15-10-6-3-7-11-15/h2-11,16-22H,12-13H2,1H3/t16-,17+,18-,19-,20+,21?,22?/m1/s1. The third kappa shape index (κ3) is 3.20. The monoisotopic (exact) mass is 368 g/mol. The zero-order valence-electron chi connectivity index (χ0n) is 15.3. The van der Waals surface area contributed by atoms with Gasteiger partial charge in [-0.15, -0.1) is 0 Å². The van der Waals surface area contributed by atoms with Crippen LogP contribution in [-0.2, 0) is 23.7 Å². The minimum atomic E-state index is -0.390. The van der Waals surface area contributed by atoms with E-state index >= 15 is 0 Å². The lowest BCUT2D eigenvalue weighted by atomic mass is 9.80. The van der Waals surface area contributed by atoms with Gasteiger partial charge in [-0.05, 0) is 6.42 Å². The van der Waals surface area contributed by atoms with E-state index in [9.17, 15) is 0 Å². The van der Waals surface area contributed by atoms with Crippen molar-refractivity contribution in [2.75, 3.05) is 13.7 Å². The first-order valence-corrected chi connectivity index (χ1v) is 9.54. The van der Waals surface area contributed by atoms with E-state index < -0.39 is 0 Å². The first kappa shape index (κ1) is 17.3. The van der Waals surface area contributed by atoms with Crippen molar-refractivity contribution in [2.45, 2.75) is 43.4 Å². The van der Waals surface area contributed by atoms with Crippen molar-refractivity contribution in [1.29, 1.82) is 0 Å². The molecule has 0 amide bonds. The Balaban J connectivity index is 1.39. The number of hydrogen-bond donors (Lipinski definition) is 0. The van der Waals surface area contributed by atoms with Gasteiger partial charge in [0.25, 0.3) is 0 Å². The smallest absolute Gasteiger partial charge is 0.184 e. The van der Waals surface area contributed by atoms with Crippen LogP contribution in [0, 0.1) is 5.92 Å². The summed E-state index contributed by atoms with van der Waals surface area (Å²) in [5, 5.41) is 0. The Kier molecular flexibility index (Phi) is 4.71. The summed E-state index contributed by atoms with van der Waals surface area (Å²) in [4.78, 5) is 0. The van der Waals surface area contributed by atoms with Crippen molar-refractivity contribution < 1.29 is 23.7 Å². The first-order chi connectivity index (χ1) is 13.3. The Morgan fingerprint density at radius 3 is 2.00 bits per heavy atom. The number of hydrogen-bond acceptors (Lipinski definition) is 5. The number of methoxy groups -OCH3 is 1. The summed E-state index contributed by atoms with van der Waals surface area (Å²) in [7, 11) is 1.73. The summed E-state index contributed by atoms with van der Waals surface area (Å²) in [6.45, 7) is 0.632. The molecule has 0 spiro atoms. The predicted molar refractivity (Wildman–Crippen MR) is 97.8 cm³/mol. The van der Waals surface area contributed by atoms with Gasteiger partial charge in [0.15, 0.2) is 12.6 Å². The lowest BCUT2D eigenvalue weighted by Crippen LogP contribution is -2.56. The van der Waals surface area contributed by atoms with E-state index in [0.29, 0.717) is 6.61 Å². The minimum absolute atomic E-state index is 0.0227. The normalized spacial score (nSPS) is 38.2. The molecule has 3 fully saturated rings. The van der Waals surface area contributed by atoms with Crippen LogP contribution in [0.2, 0.25) is 0 Å². The van der Waals surface area contributed by atoms with Crippen molar-refractivity contribution in [1.82, 2.24) is 0 Å². The lowest BCUT2D eigenvalue weighted by Gasteiger charge is -2.45. The molecular formula is C22H24O5. The van der Waals surface area contributed by atoms with Gasteiger partial charge in [-0.2, -0.15) is 0 Å². The second-order valence-corrected chi connectivity index (χ2v) is 7.39. The highest BCUT2D eigenvalue weighted by molar-refractivity contribution is 5.19. The van der Waals surface area contributed by atoms with Crippen LogP contribution in [0.4, 0.5) is 0 Å². The SMILES string of the molecule is CO[C@H]1C[C@@H]2COC(c3ccccc3)O[C@H]2[C@@H]2OC(c3ccccc3)O[C@@H]21. The Morgan fingerprint density at radius 2 is 1.33 bits per heavy atom. The number of fused-ring (bicyclic) bond motifs is 3. The summed E-state index contributed by atoms with van der Waals surface area (Å²) in [6.07, 6.45) is -0.329. The van der Waals surface area contributed by atoms with Crippen LogP contribution in [0.3, 0.4) is 0 Å². The Morgan fingerprint density at radius 1 is 0.741 bits per heavy atom. The second kappa shape index (κ2) is 7.34. The van der Waals surface area contributed by atoms with E-state index in [4.69, 9.17) is 23.7 Å². The van der Waals surface area contributed by atoms with Crippen molar-refractivity contribution in [3.63, 3.8) is 0 Å². The van der Waals surface area contributed by atoms with Gasteiger partial charge in [0, 0.05) is 24.2 Å². The molecule has 5 nitrogen and oxygen atoms in total. The van der Waals surface area contributed by atoms with Gasteiger partial charge < -0.3 is 23.7 Å². The van der Waals surface area contributed by atoms with Crippen LogP contribution < -0.4 is 0 Å². The Bertz CT molecular complexity index is 752. The van der Waals surface area contributed by atoms with Gasteiger partial charge >= 0.3 is 0 Å². The highest BCUT2D eigenvalue weighted by Crippen LogP contribution is 2.46. The summed E-state index contributed by atoms with van der Waals surface area (Å²) < 4.78 is 30.8. The van der Waals surface area contributed by atoms with Crippen molar-refractivity contribution in [3.8, 4) is 0 Å². The number of ether oxygens (including phenoxy) is 5. The third-order valence-corrected chi connectivity index (χ3v) is 5.76. The molecule has 0 aromatic heterocycles. The molecule has 1 saturated carbocycles. The van der Waals surface area contributed by atoms with Gasteiger partial charge in [-0.1, -0.05) is 60.7 Å². The quantitative estimate of drug-likeness (QED) is 0.828. The zero-order valence-corrected chi connectivity index (χ0v) is 15.3. The van der Waals surface area contributed by atoms with Crippen molar-refractivity contribution >= 4 is 0 Å². The van der Waals surface area contributed by atoms with Crippen LogP contribution in [-0.4, -0.2) is 38.1 Å². The third-order valence-electron chi connectivity index (χ3n) is 5.76. The molecule has 0 N–H and O–H groups in total. The van der Waals surface area contributed by atoms with Crippen LogP contribution >= 0.6 is 0 Å². The molecule has 7 atom stereocenters. The summed E-state index contributed by atoms with van der Waals surface area (Å²) in [6, 6.07) is 20.1. The van der Waals surface area contributed by atoms with Crippen LogP contribution in [0.1, 0.15) is 30.1 Å².